The Morgan fingerprint density at radius 1 is 1.17 bits per heavy atom. The summed E-state index contributed by atoms with van der Waals surface area (Å²) < 4.78 is 5.79. The number of nitrogens with one attached hydrogen (secondary N) is 1. The number of hydrogen-bond donors (Lipinski definition) is 1. The molecule has 1 atom stereocenters. The number of thiophene rings is 1. The quantitative estimate of drug-likeness (QED) is 0.676. The molecule has 1 aliphatic heterocycles. The summed E-state index contributed by atoms with van der Waals surface area (Å²) in [5.74, 6) is -0.282. The van der Waals surface area contributed by atoms with Gasteiger partial charge in [0.25, 0.3) is 5.91 Å². The topological polar surface area (TPSA) is 62.6 Å². The fourth-order valence-corrected chi connectivity index (χ4v) is 4.78. The van der Waals surface area contributed by atoms with E-state index in [-0.39, 0.29) is 23.1 Å². The monoisotopic (exact) mass is 410 g/mol. The summed E-state index contributed by atoms with van der Waals surface area (Å²) >= 11 is 1.71. The molecule has 4 rings (SSSR count). The molecule has 0 spiro atoms. The van der Waals surface area contributed by atoms with Gasteiger partial charge in [-0.05, 0) is 74.5 Å². The van der Waals surface area contributed by atoms with Crippen molar-refractivity contribution in [3.05, 3.63) is 67.7 Å². The van der Waals surface area contributed by atoms with Crippen LogP contribution in [0.25, 0.3) is 11.0 Å². The minimum absolute atomic E-state index is 0.0642. The van der Waals surface area contributed by atoms with E-state index in [1.165, 1.54) is 30.2 Å². The van der Waals surface area contributed by atoms with Crippen molar-refractivity contribution in [1.82, 2.24) is 10.2 Å². The first kappa shape index (κ1) is 19.9. The van der Waals surface area contributed by atoms with E-state index >= 15 is 0 Å². The predicted molar refractivity (Wildman–Crippen MR) is 117 cm³/mol. The van der Waals surface area contributed by atoms with Gasteiger partial charge in [-0.25, -0.2) is 0 Å². The lowest BCUT2D eigenvalue weighted by molar-refractivity contribution is 0.0899. The van der Waals surface area contributed by atoms with E-state index in [0.29, 0.717) is 17.5 Å². The van der Waals surface area contributed by atoms with Gasteiger partial charge < -0.3 is 9.73 Å². The zero-order valence-corrected chi connectivity index (χ0v) is 17.7. The lowest BCUT2D eigenvalue weighted by Crippen LogP contribution is -2.40. The molecule has 0 radical (unpaired) electrons. The molecule has 0 saturated carbocycles. The Labute approximate surface area is 174 Å². The van der Waals surface area contributed by atoms with Crippen molar-refractivity contribution in [2.75, 3.05) is 19.6 Å². The molecule has 2 aromatic heterocycles. The van der Waals surface area contributed by atoms with Crippen molar-refractivity contribution < 1.29 is 9.21 Å². The van der Waals surface area contributed by atoms with Crippen LogP contribution >= 0.6 is 11.3 Å². The lowest BCUT2D eigenvalue weighted by atomic mass is 10.1. The molecule has 0 unspecified atom stereocenters. The summed E-state index contributed by atoms with van der Waals surface area (Å²) in [5.41, 5.74) is 2.32. The molecule has 6 heteroatoms. The van der Waals surface area contributed by atoms with Crippen molar-refractivity contribution in [2.24, 2.45) is 0 Å². The zero-order chi connectivity index (χ0) is 20.4. The van der Waals surface area contributed by atoms with Crippen molar-refractivity contribution in [2.45, 2.75) is 39.2 Å². The van der Waals surface area contributed by atoms with E-state index in [1.54, 1.807) is 11.3 Å². The maximum absolute atomic E-state index is 12.8. The van der Waals surface area contributed by atoms with Crippen LogP contribution in [0.1, 0.15) is 51.9 Å². The van der Waals surface area contributed by atoms with E-state index in [2.05, 4.69) is 21.7 Å². The molecule has 1 amide bonds. The Morgan fingerprint density at radius 2 is 1.93 bits per heavy atom. The first-order chi connectivity index (χ1) is 14.0. The van der Waals surface area contributed by atoms with E-state index < -0.39 is 0 Å². The Balaban J connectivity index is 1.55. The molecule has 5 nitrogen and oxygen atoms in total. The van der Waals surface area contributed by atoms with Crippen LogP contribution in [-0.4, -0.2) is 30.4 Å². The number of fused-ring (bicyclic) bond motifs is 1. The highest BCUT2D eigenvalue weighted by molar-refractivity contribution is 7.10. The summed E-state index contributed by atoms with van der Waals surface area (Å²) in [5, 5.41) is 5.57. The number of likely N-dealkylation sites (tertiary alicyclic amines) is 1. The van der Waals surface area contributed by atoms with Crippen LogP contribution in [0, 0.1) is 13.8 Å². The molecular weight excluding hydrogens is 384 g/mol. The highest BCUT2D eigenvalue weighted by Gasteiger charge is 2.24. The van der Waals surface area contributed by atoms with Crippen LogP contribution in [-0.2, 0) is 0 Å². The SMILES string of the molecule is Cc1cc2oc(C(=O)NC[C@@H](c3cccs3)N3CCCCC3)cc(=O)c2cc1C. The molecule has 3 heterocycles. The van der Waals surface area contributed by atoms with Crippen LogP contribution in [0.15, 0.2) is 44.9 Å². The average Bonchev–Trinajstić information content (AvgIpc) is 3.25. The maximum Gasteiger partial charge on any atom is 0.287 e. The second-order valence-electron chi connectivity index (χ2n) is 7.75. The molecule has 152 valence electrons. The van der Waals surface area contributed by atoms with Gasteiger partial charge in [0.2, 0.25) is 0 Å². The molecule has 1 aromatic carbocycles. The molecule has 1 fully saturated rings. The number of nitrogens with zero attached hydrogens (tertiary/aromatic N) is 1. The number of piperidine rings is 1. The van der Waals surface area contributed by atoms with E-state index in [0.717, 1.165) is 24.2 Å². The van der Waals surface area contributed by atoms with Gasteiger partial charge in [0.05, 0.1) is 11.4 Å². The van der Waals surface area contributed by atoms with Crippen molar-refractivity contribution in [3.8, 4) is 0 Å². The van der Waals surface area contributed by atoms with Gasteiger partial charge >= 0.3 is 0 Å². The smallest absolute Gasteiger partial charge is 0.287 e. The number of benzene rings is 1. The number of carbonyl (C=O) groups excluding carboxylic acids is 1. The fourth-order valence-electron chi connectivity index (χ4n) is 3.92. The van der Waals surface area contributed by atoms with E-state index in [4.69, 9.17) is 4.42 Å². The van der Waals surface area contributed by atoms with E-state index in [1.807, 2.05) is 32.0 Å². The summed E-state index contributed by atoms with van der Waals surface area (Å²) in [4.78, 5) is 29.0. The first-order valence-electron chi connectivity index (χ1n) is 10.1. The highest BCUT2D eigenvalue weighted by atomic mass is 32.1. The van der Waals surface area contributed by atoms with Crippen LogP contribution in [0.5, 0.6) is 0 Å². The maximum atomic E-state index is 12.8. The molecular formula is C23H26N2O3S. The zero-order valence-electron chi connectivity index (χ0n) is 16.9. The first-order valence-corrected chi connectivity index (χ1v) is 11.0. The predicted octanol–water partition coefficient (Wildman–Crippen LogP) is 4.43. The summed E-state index contributed by atoms with van der Waals surface area (Å²) in [6, 6.07) is 9.26. The van der Waals surface area contributed by atoms with Crippen molar-refractivity contribution >= 4 is 28.2 Å². The van der Waals surface area contributed by atoms with Gasteiger partial charge in [-0.1, -0.05) is 12.5 Å². The molecule has 1 aliphatic rings. The van der Waals surface area contributed by atoms with Gasteiger partial charge in [0.15, 0.2) is 11.2 Å². The van der Waals surface area contributed by atoms with Crippen LogP contribution < -0.4 is 10.7 Å². The normalized spacial score (nSPS) is 16.1. The number of rotatable bonds is 5. The van der Waals surface area contributed by atoms with Gasteiger partial charge in [-0.15, -0.1) is 11.3 Å². The highest BCUT2D eigenvalue weighted by Crippen LogP contribution is 2.27. The van der Waals surface area contributed by atoms with Crippen LogP contribution in [0.3, 0.4) is 0 Å². The fraction of sp³-hybridized carbons (Fsp3) is 0.391. The Kier molecular flexibility index (Phi) is 5.83. The third-order valence-corrected chi connectivity index (χ3v) is 6.70. The number of aryl methyl sites for hydroxylation is 2. The molecule has 1 saturated heterocycles. The molecule has 0 bridgehead atoms. The summed E-state index contributed by atoms with van der Waals surface area (Å²) in [6.07, 6.45) is 3.64. The third kappa shape index (κ3) is 4.28. The van der Waals surface area contributed by atoms with Gasteiger partial charge in [0.1, 0.15) is 5.58 Å². The third-order valence-electron chi connectivity index (χ3n) is 5.73. The van der Waals surface area contributed by atoms with Crippen molar-refractivity contribution in [3.63, 3.8) is 0 Å². The summed E-state index contributed by atoms with van der Waals surface area (Å²) in [7, 11) is 0. The number of hydrogen-bond acceptors (Lipinski definition) is 5. The molecule has 3 aromatic rings. The average molecular weight is 411 g/mol. The Hall–Kier alpha value is -2.44. The molecule has 29 heavy (non-hydrogen) atoms. The lowest BCUT2D eigenvalue weighted by Gasteiger charge is -2.34. The minimum Gasteiger partial charge on any atom is -0.451 e. The van der Waals surface area contributed by atoms with Gasteiger partial charge in [-0.2, -0.15) is 0 Å². The van der Waals surface area contributed by atoms with E-state index in [9.17, 15) is 9.59 Å². The molecule has 1 N–H and O–H groups in total. The second kappa shape index (κ2) is 8.51. The van der Waals surface area contributed by atoms with Gasteiger partial charge in [-0.3, -0.25) is 14.5 Å². The molecule has 0 aliphatic carbocycles. The summed E-state index contributed by atoms with van der Waals surface area (Å²) in [6.45, 7) is 6.50. The second-order valence-corrected chi connectivity index (χ2v) is 8.72. The Morgan fingerprint density at radius 3 is 2.66 bits per heavy atom. The van der Waals surface area contributed by atoms with Gasteiger partial charge in [0, 0.05) is 17.5 Å². The van der Waals surface area contributed by atoms with Crippen LogP contribution in [0.4, 0.5) is 0 Å². The largest absolute Gasteiger partial charge is 0.451 e. The standard InChI is InChI=1S/C23H26N2O3S/c1-15-11-17-19(26)13-21(28-20(17)12-16(15)2)23(27)24-14-18(22-7-6-10-29-22)25-8-4-3-5-9-25/h6-7,10-13,18H,3-5,8-9,14H2,1-2H3,(H,24,27)/t18-/m0/s1. The number of carbonyl (C=O) groups is 1. The minimum atomic E-state index is -0.346. The van der Waals surface area contributed by atoms with Crippen molar-refractivity contribution in [1.29, 1.82) is 0 Å². The Bertz CT molecular complexity index is 1070. The van der Waals surface area contributed by atoms with Crippen LogP contribution in [0.2, 0.25) is 0 Å². The number of amides is 1.